The summed E-state index contributed by atoms with van der Waals surface area (Å²) in [6.45, 7) is 1.79. The standard InChI is InChI=1S/C23H21N5O2/c1-15-19(25-14-21(24)30)12-18-20(29)13-22(27-16-8-4-2-5-9-16)28(23(18)26-15)17-10-6-3-7-11-17/h2-13,25,27H,14H2,1H3,(H2,24,30). The van der Waals surface area contributed by atoms with Crippen molar-refractivity contribution in [3.05, 3.63) is 88.7 Å². The van der Waals surface area contributed by atoms with E-state index < -0.39 is 5.91 Å². The summed E-state index contributed by atoms with van der Waals surface area (Å²) in [7, 11) is 0. The number of nitrogens with zero attached hydrogens (tertiary/aromatic N) is 2. The molecule has 30 heavy (non-hydrogen) atoms. The van der Waals surface area contributed by atoms with Crippen molar-refractivity contribution >= 4 is 34.1 Å². The smallest absolute Gasteiger partial charge is 0.236 e. The van der Waals surface area contributed by atoms with E-state index in [2.05, 4.69) is 10.6 Å². The van der Waals surface area contributed by atoms with Crippen LogP contribution in [0.25, 0.3) is 16.7 Å². The molecule has 7 nitrogen and oxygen atoms in total. The second-order valence-corrected chi connectivity index (χ2v) is 6.87. The van der Waals surface area contributed by atoms with E-state index in [4.69, 9.17) is 10.7 Å². The number of aromatic nitrogens is 2. The topological polar surface area (TPSA) is 102 Å². The Labute approximate surface area is 173 Å². The normalized spacial score (nSPS) is 10.7. The number of fused-ring (bicyclic) bond motifs is 1. The molecule has 0 spiro atoms. The molecule has 0 aliphatic rings. The maximum atomic E-state index is 13.0. The van der Waals surface area contributed by atoms with Gasteiger partial charge in [-0.1, -0.05) is 36.4 Å². The first-order chi connectivity index (χ1) is 14.5. The number of rotatable bonds is 6. The largest absolute Gasteiger partial charge is 0.375 e. The molecule has 0 aliphatic heterocycles. The van der Waals surface area contributed by atoms with Crippen molar-refractivity contribution < 1.29 is 4.79 Å². The molecular formula is C23H21N5O2. The summed E-state index contributed by atoms with van der Waals surface area (Å²) in [4.78, 5) is 28.8. The molecule has 2 heterocycles. The van der Waals surface area contributed by atoms with Crippen molar-refractivity contribution in [2.45, 2.75) is 6.92 Å². The third-order valence-corrected chi connectivity index (χ3v) is 4.69. The number of para-hydroxylation sites is 2. The van der Waals surface area contributed by atoms with Crippen LogP contribution in [0.1, 0.15) is 5.69 Å². The molecule has 4 rings (SSSR count). The van der Waals surface area contributed by atoms with Crippen molar-refractivity contribution in [1.82, 2.24) is 9.55 Å². The predicted octanol–water partition coefficient (Wildman–Crippen LogP) is 3.33. The van der Waals surface area contributed by atoms with Gasteiger partial charge in [-0.2, -0.15) is 0 Å². The maximum absolute atomic E-state index is 13.0. The molecule has 150 valence electrons. The van der Waals surface area contributed by atoms with E-state index in [1.54, 1.807) is 12.1 Å². The quantitative estimate of drug-likeness (QED) is 0.462. The fourth-order valence-electron chi connectivity index (χ4n) is 3.29. The fourth-order valence-corrected chi connectivity index (χ4v) is 3.29. The summed E-state index contributed by atoms with van der Waals surface area (Å²) in [6.07, 6.45) is 0. The third-order valence-electron chi connectivity index (χ3n) is 4.69. The van der Waals surface area contributed by atoms with Gasteiger partial charge in [0.15, 0.2) is 5.43 Å². The zero-order chi connectivity index (χ0) is 21.1. The van der Waals surface area contributed by atoms with Gasteiger partial charge in [0.25, 0.3) is 0 Å². The molecular weight excluding hydrogens is 378 g/mol. The van der Waals surface area contributed by atoms with Gasteiger partial charge in [0, 0.05) is 17.4 Å². The van der Waals surface area contributed by atoms with Crippen LogP contribution >= 0.6 is 0 Å². The molecule has 0 aliphatic carbocycles. The van der Waals surface area contributed by atoms with Crippen LogP contribution in [0.3, 0.4) is 0 Å². The molecule has 0 saturated heterocycles. The molecule has 7 heteroatoms. The van der Waals surface area contributed by atoms with E-state index in [1.807, 2.05) is 72.2 Å². The highest BCUT2D eigenvalue weighted by molar-refractivity contribution is 5.85. The molecule has 0 radical (unpaired) electrons. The minimum Gasteiger partial charge on any atom is -0.375 e. The Morgan fingerprint density at radius 3 is 2.37 bits per heavy atom. The molecule has 0 unspecified atom stereocenters. The molecule has 0 bridgehead atoms. The van der Waals surface area contributed by atoms with E-state index in [0.29, 0.717) is 28.2 Å². The summed E-state index contributed by atoms with van der Waals surface area (Å²) in [5.74, 6) is 0.119. The Bertz CT molecular complexity index is 1270. The molecule has 0 fully saturated rings. The van der Waals surface area contributed by atoms with Crippen LogP contribution in [0.4, 0.5) is 17.2 Å². The SMILES string of the molecule is Cc1nc2c(cc1NCC(N)=O)c(=O)cc(Nc1ccccc1)n2-c1ccccc1. The first-order valence-electron chi connectivity index (χ1n) is 9.50. The molecule has 0 saturated carbocycles. The monoisotopic (exact) mass is 399 g/mol. The number of carbonyl (C=O) groups excluding carboxylic acids is 1. The van der Waals surface area contributed by atoms with Gasteiger partial charge in [0.1, 0.15) is 11.5 Å². The molecule has 0 atom stereocenters. The van der Waals surface area contributed by atoms with E-state index in [0.717, 1.165) is 11.4 Å². The summed E-state index contributed by atoms with van der Waals surface area (Å²) >= 11 is 0. The minimum atomic E-state index is -0.487. The number of nitrogens with one attached hydrogen (secondary N) is 2. The summed E-state index contributed by atoms with van der Waals surface area (Å²) in [5, 5.41) is 6.71. The van der Waals surface area contributed by atoms with E-state index >= 15 is 0 Å². The lowest BCUT2D eigenvalue weighted by Crippen LogP contribution is -2.22. The van der Waals surface area contributed by atoms with Gasteiger partial charge in [-0.3, -0.25) is 14.2 Å². The van der Waals surface area contributed by atoms with Crippen LogP contribution < -0.4 is 21.8 Å². The van der Waals surface area contributed by atoms with Crippen LogP contribution in [-0.4, -0.2) is 22.0 Å². The van der Waals surface area contributed by atoms with Gasteiger partial charge in [0.2, 0.25) is 5.91 Å². The molecule has 4 N–H and O–H groups in total. The predicted molar refractivity (Wildman–Crippen MR) is 119 cm³/mol. The lowest BCUT2D eigenvalue weighted by atomic mass is 10.2. The zero-order valence-electron chi connectivity index (χ0n) is 16.4. The number of nitrogens with two attached hydrogens (primary N) is 1. The number of aryl methyl sites for hydroxylation is 1. The fraction of sp³-hybridized carbons (Fsp3) is 0.0870. The van der Waals surface area contributed by atoms with E-state index in [9.17, 15) is 9.59 Å². The number of pyridine rings is 2. The van der Waals surface area contributed by atoms with Gasteiger partial charge >= 0.3 is 0 Å². The van der Waals surface area contributed by atoms with E-state index in [1.165, 1.54) is 0 Å². The number of hydrogen-bond acceptors (Lipinski definition) is 5. The highest BCUT2D eigenvalue weighted by atomic mass is 16.1. The number of primary amides is 1. The highest BCUT2D eigenvalue weighted by Crippen LogP contribution is 2.26. The first kappa shape index (κ1) is 19.2. The van der Waals surface area contributed by atoms with Crippen LogP contribution in [-0.2, 0) is 4.79 Å². The molecule has 2 aromatic heterocycles. The Morgan fingerprint density at radius 2 is 1.70 bits per heavy atom. The van der Waals surface area contributed by atoms with Gasteiger partial charge < -0.3 is 16.4 Å². The Morgan fingerprint density at radius 1 is 1.03 bits per heavy atom. The number of benzene rings is 2. The second-order valence-electron chi connectivity index (χ2n) is 6.87. The van der Waals surface area contributed by atoms with Crippen molar-refractivity contribution in [3.63, 3.8) is 0 Å². The number of amides is 1. The average molecular weight is 399 g/mol. The van der Waals surface area contributed by atoms with Crippen molar-refractivity contribution in [3.8, 4) is 5.69 Å². The van der Waals surface area contributed by atoms with Gasteiger partial charge in [-0.15, -0.1) is 0 Å². The van der Waals surface area contributed by atoms with E-state index in [-0.39, 0.29) is 12.0 Å². The summed E-state index contributed by atoms with van der Waals surface area (Å²) in [6, 6.07) is 22.6. The Hall–Kier alpha value is -4.13. The summed E-state index contributed by atoms with van der Waals surface area (Å²) in [5.41, 5.74) is 8.56. The lowest BCUT2D eigenvalue weighted by Gasteiger charge is -2.19. The van der Waals surface area contributed by atoms with Gasteiger partial charge in [0.05, 0.1) is 23.3 Å². The van der Waals surface area contributed by atoms with Crippen molar-refractivity contribution in [2.24, 2.45) is 5.73 Å². The average Bonchev–Trinajstić information content (AvgIpc) is 2.74. The minimum absolute atomic E-state index is 0.0332. The molecule has 4 aromatic rings. The number of hydrogen-bond donors (Lipinski definition) is 3. The highest BCUT2D eigenvalue weighted by Gasteiger charge is 2.15. The maximum Gasteiger partial charge on any atom is 0.236 e. The van der Waals surface area contributed by atoms with Crippen molar-refractivity contribution in [2.75, 3.05) is 17.2 Å². The van der Waals surface area contributed by atoms with Crippen LogP contribution in [0, 0.1) is 6.92 Å². The van der Waals surface area contributed by atoms with Crippen LogP contribution in [0.15, 0.2) is 77.6 Å². The molecule has 2 aromatic carbocycles. The van der Waals surface area contributed by atoms with Gasteiger partial charge in [-0.05, 0) is 37.3 Å². The summed E-state index contributed by atoms with van der Waals surface area (Å²) < 4.78 is 1.91. The lowest BCUT2D eigenvalue weighted by molar-refractivity contribution is -0.116. The number of carbonyl (C=O) groups is 1. The number of anilines is 3. The third kappa shape index (κ3) is 3.86. The Kier molecular flexibility index (Phi) is 5.17. The Balaban J connectivity index is 1.94. The van der Waals surface area contributed by atoms with Crippen LogP contribution in [0.5, 0.6) is 0 Å². The van der Waals surface area contributed by atoms with Gasteiger partial charge in [-0.25, -0.2) is 4.98 Å². The second kappa shape index (κ2) is 8.08. The van der Waals surface area contributed by atoms with Crippen molar-refractivity contribution in [1.29, 1.82) is 0 Å². The van der Waals surface area contributed by atoms with Crippen LogP contribution in [0.2, 0.25) is 0 Å². The zero-order valence-corrected chi connectivity index (χ0v) is 16.4. The molecule has 1 amide bonds. The first-order valence-corrected chi connectivity index (χ1v) is 9.50.